The molecule has 0 radical (unpaired) electrons. The minimum Gasteiger partial charge on any atom is -0.478 e. The summed E-state index contributed by atoms with van der Waals surface area (Å²) in [6.45, 7) is 6.88. The highest BCUT2D eigenvalue weighted by molar-refractivity contribution is 5.92. The standard InChI is InChI=1S/C24H24F3N3O4/c1-11-21(29-23(33)34-24(2,3)4)14(13-8-16(26)17(27)10-15(13)25)9-20-28-18-7-12(22(31)32)5-6-19(18)30(11)20/h5-8,10-11,14,21H,9H2,1-4H3,(H,29,33)(H,31,32)/t11?,14-,21+/m1/s1. The highest BCUT2D eigenvalue weighted by atomic mass is 19.2. The number of carbonyl (C=O) groups excluding carboxylic acids is 1. The molecule has 0 spiro atoms. The van der Waals surface area contributed by atoms with Crippen molar-refractivity contribution in [3.8, 4) is 0 Å². The Balaban J connectivity index is 1.83. The monoisotopic (exact) mass is 475 g/mol. The number of nitrogens with one attached hydrogen (secondary N) is 1. The Morgan fingerprint density at radius 3 is 2.44 bits per heavy atom. The van der Waals surface area contributed by atoms with Crippen LogP contribution in [0.25, 0.3) is 11.0 Å². The largest absolute Gasteiger partial charge is 0.478 e. The fraction of sp³-hybridized carbons (Fsp3) is 0.375. The van der Waals surface area contributed by atoms with Crippen LogP contribution in [0.5, 0.6) is 0 Å². The molecule has 0 aliphatic carbocycles. The molecule has 0 fully saturated rings. The van der Waals surface area contributed by atoms with E-state index in [1.807, 2.05) is 4.57 Å². The Hall–Kier alpha value is -3.56. The van der Waals surface area contributed by atoms with Gasteiger partial charge in [0.25, 0.3) is 0 Å². The molecule has 180 valence electrons. The molecule has 0 bridgehead atoms. The van der Waals surface area contributed by atoms with E-state index >= 15 is 0 Å². The smallest absolute Gasteiger partial charge is 0.407 e. The molecular weight excluding hydrogens is 451 g/mol. The van der Waals surface area contributed by atoms with Crippen LogP contribution in [-0.4, -0.2) is 38.4 Å². The average molecular weight is 475 g/mol. The van der Waals surface area contributed by atoms with Gasteiger partial charge in [0.2, 0.25) is 0 Å². The van der Waals surface area contributed by atoms with Crippen LogP contribution in [0.4, 0.5) is 18.0 Å². The van der Waals surface area contributed by atoms with E-state index in [4.69, 9.17) is 4.74 Å². The number of aromatic carboxylic acids is 1. The number of nitrogens with zero attached hydrogens (tertiary/aromatic N) is 2. The minimum atomic E-state index is -1.31. The summed E-state index contributed by atoms with van der Waals surface area (Å²) in [5, 5.41) is 12.1. The second-order valence-corrected chi connectivity index (χ2v) is 9.42. The molecule has 2 aromatic carbocycles. The summed E-state index contributed by atoms with van der Waals surface area (Å²) in [5.41, 5.74) is 0.223. The van der Waals surface area contributed by atoms with Crippen LogP contribution in [0.2, 0.25) is 0 Å². The van der Waals surface area contributed by atoms with E-state index in [0.717, 1.165) is 6.07 Å². The number of hydrogen-bond donors (Lipinski definition) is 2. The molecule has 1 amide bonds. The van der Waals surface area contributed by atoms with E-state index in [1.54, 1.807) is 33.8 Å². The summed E-state index contributed by atoms with van der Waals surface area (Å²) >= 11 is 0. The first-order valence-corrected chi connectivity index (χ1v) is 10.7. The van der Waals surface area contributed by atoms with E-state index in [9.17, 15) is 27.9 Å². The van der Waals surface area contributed by atoms with Gasteiger partial charge in [-0.25, -0.2) is 27.7 Å². The van der Waals surface area contributed by atoms with Crippen molar-refractivity contribution in [3.63, 3.8) is 0 Å². The van der Waals surface area contributed by atoms with Crippen LogP contribution in [0, 0.1) is 17.5 Å². The number of halogens is 3. The summed E-state index contributed by atoms with van der Waals surface area (Å²) in [4.78, 5) is 28.5. The molecule has 10 heteroatoms. The SMILES string of the molecule is CC1[C@H](NC(=O)OC(C)(C)C)[C@@H](c2cc(F)c(F)cc2F)Cc2nc3cc(C(=O)O)ccc3n21. The molecular formula is C24H24F3N3O4. The molecule has 1 aliphatic rings. The number of alkyl carbamates (subject to hydrolysis) is 1. The molecule has 34 heavy (non-hydrogen) atoms. The number of ether oxygens (including phenoxy) is 1. The maximum absolute atomic E-state index is 14.8. The van der Waals surface area contributed by atoms with Gasteiger partial charge in [0.05, 0.1) is 28.7 Å². The van der Waals surface area contributed by atoms with E-state index in [0.29, 0.717) is 22.9 Å². The van der Waals surface area contributed by atoms with Gasteiger partial charge in [-0.05, 0) is 57.5 Å². The maximum Gasteiger partial charge on any atom is 0.407 e. The summed E-state index contributed by atoms with van der Waals surface area (Å²) in [7, 11) is 0. The van der Waals surface area contributed by atoms with Crippen LogP contribution >= 0.6 is 0 Å². The molecule has 1 aliphatic heterocycles. The van der Waals surface area contributed by atoms with E-state index in [-0.39, 0.29) is 17.5 Å². The van der Waals surface area contributed by atoms with Crippen LogP contribution < -0.4 is 5.32 Å². The molecule has 4 rings (SSSR count). The van der Waals surface area contributed by atoms with Gasteiger partial charge in [0.1, 0.15) is 17.2 Å². The quantitative estimate of drug-likeness (QED) is 0.523. The predicted octanol–water partition coefficient (Wildman–Crippen LogP) is 4.95. The molecule has 0 saturated heterocycles. The highest BCUT2D eigenvalue weighted by Gasteiger charge is 2.40. The fourth-order valence-corrected chi connectivity index (χ4v) is 4.49. The van der Waals surface area contributed by atoms with Crippen molar-refractivity contribution < 1.29 is 32.6 Å². The first kappa shape index (κ1) is 23.6. The van der Waals surface area contributed by atoms with Crippen molar-refractivity contribution in [2.24, 2.45) is 0 Å². The van der Waals surface area contributed by atoms with E-state index < -0.39 is 53.1 Å². The van der Waals surface area contributed by atoms with Crippen molar-refractivity contribution in [1.82, 2.24) is 14.9 Å². The van der Waals surface area contributed by atoms with Gasteiger partial charge < -0.3 is 19.7 Å². The average Bonchev–Trinajstić information content (AvgIpc) is 3.09. The number of carboxylic acids is 1. The van der Waals surface area contributed by atoms with Crippen molar-refractivity contribution in [3.05, 3.63) is 64.7 Å². The Morgan fingerprint density at radius 2 is 1.79 bits per heavy atom. The Morgan fingerprint density at radius 1 is 1.12 bits per heavy atom. The Bertz CT molecular complexity index is 1300. The van der Waals surface area contributed by atoms with Gasteiger partial charge in [-0.1, -0.05) is 0 Å². The first-order chi connectivity index (χ1) is 15.9. The number of benzene rings is 2. The van der Waals surface area contributed by atoms with Gasteiger partial charge in [0.15, 0.2) is 11.6 Å². The minimum absolute atomic E-state index is 0.0576. The lowest BCUT2D eigenvalue weighted by Gasteiger charge is -2.39. The molecule has 2 heterocycles. The highest BCUT2D eigenvalue weighted by Crippen LogP contribution is 2.39. The molecule has 3 aromatic rings. The van der Waals surface area contributed by atoms with E-state index in [1.165, 1.54) is 12.1 Å². The number of rotatable bonds is 3. The van der Waals surface area contributed by atoms with Crippen molar-refractivity contribution in [2.45, 2.75) is 57.7 Å². The first-order valence-electron chi connectivity index (χ1n) is 10.7. The molecule has 1 aromatic heterocycles. The molecule has 3 atom stereocenters. The maximum atomic E-state index is 14.8. The number of fused-ring (bicyclic) bond motifs is 3. The molecule has 1 unspecified atom stereocenters. The summed E-state index contributed by atoms with van der Waals surface area (Å²) < 4.78 is 49.7. The zero-order chi connectivity index (χ0) is 24.9. The second-order valence-electron chi connectivity index (χ2n) is 9.42. The molecule has 0 saturated carbocycles. The normalized spacial score (nSPS) is 20.1. The van der Waals surface area contributed by atoms with Crippen molar-refractivity contribution in [1.29, 1.82) is 0 Å². The number of carboxylic acid groups (broad SMARTS) is 1. The van der Waals surface area contributed by atoms with Gasteiger partial charge >= 0.3 is 12.1 Å². The lowest BCUT2D eigenvalue weighted by Crippen LogP contribution is -2.49. The number of imidazole rings is 1. The van der Waals surface area contributed by atoms with Gasteiger partial charge in [0, 0.05) is 18.4 Å². The summed E-state index contributed by atoms with van der Waals surface area (Å²) in [6, 6.07) is 4.51. The molecule has 2 N–H and O–H groups in total. The number of hydrogen-bond acceptors (Lipinski definition) is 4. The number of amides is 1. The third-order valence-electron chi connectivity index (χ3n) is 5.89. The lowest BCUT2D eigenvalue weighted by molar-refractivity contribution is 0.0470. The van der Waals surface area contributed by atoms with Crippen molar-refractivity contribution >= 4 is 23.1 Å². The van der Waals surface area contributed by atoms with Crippen LogP contribution in [0.1, 0.15) is 61.4 Å². The molecule has 7 nitrogen and oxygen atoms in total. The summed E-state index contributed by atoms with van der Waals surface area (Å²) in [5.74, 6) is -4.85. The fourth-order valence-electron chi connectivity index (χ4n) is 4.49. The van der Waals surface area contributed by atoms with E-state index in [2.05, 4.69) is 10.3 Å². The summed E-state index contributed by atoms with van der Waals surface area (Å²) in [6.07, 6.45) is -0.650. The van der Waals surface area contributed by atoms with Crippen LogP contribution in [0.3, 0.4) is 0 Å². The van der Waals surface area contributed by atoms with Crippen molar-refractivity contribution in [2.75, 3.05) is 0 Å². The zero-order valence-corrected chi connectivity index (χ0v) is 19.0. The zero-order valence-electron chi connectivity index (χ0n) is 19.0. The Labute approximate surface area is 193 Å². The number of carbonyl (C=O) groups is 2. The van der Waals surface area contributed by atoms with Gasteiger partial charge in [-0.3, -0.25) is 0 Å². The van der Waals surface area contributed by atoms with Crippen LogP contribution in [-0.2, 0) is 11.2 Å². The van der Waals surface area contributed by atoms with Crippen LogP contribution in [0.15, 0.2) is 30.3 Å². The third-order valence-corrected chi connectivity index (χ3v) is 5.89. The second kappa shape index (κ2) is 8.34. The number of aromatic nitrogens is 2. The third kappa shape index (κ3) is 4.32. The Kier molecular flexibility index (Phi) is 5.79. The predicted molar refractivity (Wildman–Crippen MR) is 117 cm³/mol. The van der Waals surface area contributed by atoms with Gasteiger partial charge in [-0.2, -0.15) is 0 Å². The van der Waals surface area contributed by atoms with Gasteiger partial charge in [-0.15, -0.1) is 0 Å². The topological polar surface area (TPSA) is 93.4 Å². The lowest BCUT2D eigenvalue weighted by atomic mass is 9.81.